The molecule has 0 radical (unpaired) electrons. The van der Waals surface area contributed by atoms with Gasteiger partial charge in [0.1, 0.15) is 35.0 Å². The van der Waals surface area contributed by atoms with Crippen molar-refractivity contribution in [2.24, 2.45) is 5.16 Å². The number of ether oxygens (including phenoxy) is 2. The first-order valence-corrected chi connectivity index (χ1v) is 18.2. The average Bonchev–Trinajstić information content (AvgIpc) is 3.63. The van der Waals surface area contributed by atoms with E-state index in [-0.39, 0.29) is 35.9 Å². The number of carbonyl (C=O) groups is 5. The number of benzene rings is 3. The molecule has 1 unspecified atom stereocenters. The minimum atomic E-state index is -1.37. The summed E-state index contributed by atoms with van der Waals surface area (Å²) in [5.41, 5.74) is 1.33. The Morgan fingerprint density at radius 1 is 0.943 bits per heavy atom. The highest BCUT2D eigenvalue weighted by molar-refractivity contribution is 8.00. The molecule has 4 aromatic rings. The van der Waals surface area contributed by atoms with Gasteiger partial charge in [-0.2, -0.15) is 0 Å². The van der Waals surface area contributed by atoms with E-state index in [0.29, 0.717) is 5.13 Å². The van der Waals surface area contributed by atoms with Crippen LogP contribution in [0.25, 0.3) is 0 Å². The number of β-lactam (4-membered cyclic amide) rings is 1. The van der Waals surface area contributed by atoms with Crippen molar-refractivity contribution in [2.75, 3.05) is 24.3 Å². The van der Waals surface area contributed by atoms with Crippen molar-refractivity contribution in [1.29, 1.82) is 0 Å². The lowest BCUT2D eigenvalue weighted by Crippen LogP contribution is -2.71. The van der Waals surface area contributed by atoms with Crippen LogP contribution in [0, 0.1) is 0 Å². The number of carbonyl (C=O) groups excluding carboxylic acids is 4. The van der Waals surface area contributed by atoms with Gasteiger partial charge in [-0.3, -0.25) is 24.1 Å². The van der Waals surface area contributed by atoms with Gasteiger partial charge in [0, 0.05) is 23.6 Å². The molecule has 1 aromatic heterocycles. The minimum Gasteiger partial charge on any atom is -0.477 e. The van der Waals surface area contributed by atoms with Crippen LogP contribution in [0.4, 0.5) is 9.93 Å². The molecule has 2 amide bonds. The molecule has 0 aliphatic carbocycles. The second-order valence-electron chi connectivity index (χ2n) is 11.6. The number of carboxylic acids is 1. The standard InChI is InChI=1S/C37H33N5O9S2/c1-3-49-36(48)51-41-28(31(44)39-29-32(45)42-30(34(46)47)23(19-50-22(2)43)20-52-33(29)42)27-21-53-35(38-27)40-37(24-13-7-4-8-14-24,25-15-9-5-10-16-25)26-17-11-6-12-18-26/h4-18,21,29,33H,3,19-20H2,1-2H3,(H,38,40)(H,39,44)(H,46,47)/t29?,33-/m1/s1. The van der Waals surface area contributed by atoms with Gasteiger partial charge in [-0.1, -0.05) is 96.2 Å². The Morgan fingerprint density at radius 3 is 2.06 bits per heavy atom. The van der Waals surface area contributed by atoms with Crippen molar-refractivity contribution < 1.29 is 43.4 Å². The lowest BCUT2D eigenvalue weighted by atomic mass is 9.77. The fraction of sp³-hybridized carbons (Fsp3) is 0.216. The van der Waals surface area contributed by atoms with Crippen molar-refractivity contribution in [3.05, 3.63) is 130 Å². The maximum absolute atomic E-state index is 13.9. The predicted molar refractivity (Wildman–Crippen MR) is 196 cm³/mol. The number of hydrogen-bond acceptors (Lipinski definition) is 13. The van der Waals surface area contributed by atoms with Gasteiger partial charge >= 0.3 is 18.1 Å². The molecule has 3 heterocycles. The molecule has 2 aliphatic heterocycles. The zero-order valence-corrected chi connectivity index (χ0v) is 30.0. The first-order chi connectivity index (χ1) is 25.6. The number of thioether (sulfide) groups is 1. The summed E-state index contributed by atoms with van der Waals surface area (Å²) in [5, 5.41) is 21.1. The first-order valence-electron chi connectivity index (χ1n) is 16.3. The van der Waals surface area contributed by atoms with Gasteiger partial charge in [0.2, 0.25) is 0 Å². The van der Waals surface area contributed by atoms with Crippen molar-refractivity contribution in [1.82, 2.24) is 15.2 Å². The number of aromatic nitrogens is 1. The quantitative estimate of drug-likeness (QED) is 0.0426. The van der Waals surface area contributed by atoms with Crippen LogP contribution in [0.5, 0.6) is 0 Å². The number of hydrogen-bond donors (Lipinski definition) is 3. The molecule has 6 rings (SSSR count). The van der Waals surface area contributed by atoms with E-state index in [4.69, 9.17) is 19.3 Å². The zero-order chi connectivity index (χ0) is 37.5. The van der Waals surface area contributed by atoms with Crippen molar-refractivity contribution in [2.45, 2.75) is 30.8 Å². The number of oxime groups is 1. The Labute approximate surface area is 311 Å². The zero-order valence-electron chi connectivity index (χ0n) is 28.4. The van der Waals surface area contributed by atoms with E-state index in [1.807, 2.05) is 91.0 Å². The lowest BCUT2D eigenvalue weighted by Gasteiger charge is -2.49. The van der Waals surface area contributed by atoms with Gasteiger partial charge in [0.25, 0.3) is 11.8 Å². The van der Waals surface area contributed by atoms with Crippen LogP contribution < -0.4 is 10.6 Å². The normalized spacial score (nSPS) is 16.9. The van der Waals surface area contributed by atoms with Crippen molar-refractivity contribution >= 4 is 63.9 Å². The Hall–Kier alpha value is -6.00. The van der Waals surface area contributed by atoms with Crippen LogP contribution in [-0.4, -0.2) is 81.0 Å². The third kappa shape index (κ3) is 7.64. The van der Waals surface area contributed by atoms with Gasteiger partial charge in [-0.25, -0.2) is 14.6 Å². The van der Waals surface area contributed by atoms with Crippen LogP contribution in [-0.2, 0) is 39.0 Å². The molecule has 0 bridgehead atoms. The van der Waals surface area contributed by atoms with Crippen LogP contribution >= 0.6 is 23.1 Å². The molecule has 3 aromatic carbocycles. The number of nitrogens with zero attached hydrogens (tertiary/aromatic N) is 3. The number of amides is 2. The highest BCUT2D eigenvalue weighted by Gasteiger charge is 2.54. The summed E-state index contributed by atoms with van der Waals surface area (Å²) >= 11 is 2.37. The number of esters is 1. The van der Waals surface area contributed by atoms with E-state index in [0.717, 1.165) is 21.6 Å². The predicted octanol–water partition coefficient (Wildman–Crippen LogP) is 4.73. The highest BCUT2D eigenvalue weighted by atomic mass is 32.2. The maximum atomic E-state index is 13.9. The Kier molecular flexibility index (Phi) is 11.2. The number of aliphatic carboxylic acids is 1. The molecule has 2 aliphatic rings. The summed E-state index contributed by atoms with van der Waals surface area (Å²) in [6, 6.07) is 28.3. The van der Waals surface area contributed by atoms with E-state index in [2.05, 4.69) is 15.8 Å². The molecular formula is C37H33N5O9S2. The van der Waals surface area contributed by atoms with E-state index in [1.165, 1.54) is 30.0 Å². The average molecular weight is 756 g/mol. The molecule has 1 saturated heterocycles. The van der Waals surface area contributed by atoms with Gasteiger partial charge in [0.05, 0.1) is 6.61 Å². The summed E-state index contributed by atoms with van der Waals surface area (Å²) in [7, 11) is 0. The minimum absolute atomic E-state index is 0.00855. The second-order valence-corrected chi connectivity index (χ2v) is 13.6. The van der Waals surface area contributed by atoms with Gasteiger partial charge in [0.15, 0.2) is 10.8 Å². The summed E-state index contributed by atoms with van der Waals surface area (Å²) in [6.45, 7) is 2.46. The molecule has 53 heavy (non-hydrogen) atoms. The summed E-state index contributed by atoms with van der Waals surface area (Å²) in [6.07, 6.45) is -1.16. The second kappa shape index (κ2) is 16.1. The number of nitrogens with one attached hydrogen (secondary N) is 2. The monoisotopic (exact) mass is 755 g/mol. The van der Waals surface area contributed by atoms with Crippen LogP contribution in [0.1, 0.15) is 36.2 Å². The smallest absolute Gasteiger partial charge is 0.477 e. The highest BCUT2D eigenvalue weighted by Crippen LogP contribution is 2.42. The molecule has 0 saturated carbocycles. The molecule has 272 valence electrons. The number of fused-ring (bicyclic) bond motifs is 1. The number of rotatable bonds is 13. The van der Waals surface area contributed by atoms with Crippen LogP contribution in [0.15, 0.2) is 113 Å². The fourth-order valence-corrected chi connectivity index (χ4v) is 8.08. The Balaban J connectivity index is 1.32. The van der Waals surface area contributed by atoms with E-state index in [9.17, 15) is 29.1 Å². The van der Waals surface area contributed by atoms with E-state index < -0.39 is 52.6 Å². The molecular weight excluding hydrogens is 723 g/mol. The molecule has 14 nitrogen and oxygen atoms in total. The SMILES string of the molecule is CCOC(=O)ON=C(C(=O)NC1C(=O)N2C(C(=O)O)=C(COC(C)=O)CS[C@H]12)c1csc(NC(c2ccccc2)(c2ccccc2)c2ccccc2)n1. The molecule has 2 atom stereocenters. The third-order valence-electron chi connectivity index (χ3n) is 8.34. The maximum Gasteiger partial charge on any atom is 0.535 e. The topological polar surface area (TPSA) is 186 Å². The molecule has 0 spiro atoms. The third-order valence-corrected chi connectivity index (χ3v) is 10.4. The number of thiazole rings is 1. The molecule has 16 heteroatoms. The van der Waals surface area contributed by atoms with Gasteiger partial charge in [-0.05, 0) is 23.6 Å². The lowest BCUT2D eigenvalue weighted by molar-refractivity contribution is -0.150. The summed E-state index contributed by atoms with van der Waals surface area (Å²) in [5.74, 6) is -3.44. The first kappa shape index (κ1) is 36.8. The van der Waals surface area contributed by atoms with Crippen LogP contribution in [0.2, 0.25) is 0 Å². The fourth-order valence-electron chi connectivity index (χ4n) is 6.01. The number of anilines is 1. The van der Waals surface area contributed by atoms with Crippen LogP contribution in [0.3, 0.4) is 0 Å². The largest absolute Gasteiger partial charge is 0.535 e. The molecule has 1 fully saturated rings. The van der Waals surface area contributed by atoms with Crippen molar-refractivity contribution in [3.8, 4) is 0 Å². The van der Waals surface area contributed by atoms with E-state index in [1.54, 1.807) is 12.3 Å². The van der Waals surface area contributed by atoms with E-state index >= 15 is 0 Å². The Morgan fingerprint density at radius 2 is 1.53 bits per heavy atom. The van der Waals surface area contributed by atoms with Gasteiger partial charge < -0.3 is 25.2 Å². The molecule has 3 N–H and O–H groups in total. The number of carboxylic acid groups (broad SMARTS) is 1. The summed E-state index contributed by atoms with van der Waals surface area (Å²) < 4.78 is 9.81. The summed E-state index contributed by atoms with van der Waals surface area (Å²) in [4.78, 5) is 73.5. The van der Waals surface area contributed by atoms with Gasteiger partial charge in [-0.15, -0.1) is 23.1 Å². The Bertz CT molecular complexity index is 1980. The van der Waals surface area contributed by atoms with Crippen molar-refractivity contribution in [3.63, 3.8) is 0 Å².